The average Bonchev–Trinajstić information content (AvgIpc) is 3.24. The van der Waals surface area contributed by atoms with Crippen LogP contribution in [0.15, 0.2) is 84.4 Å². The second-order valence-corrected chi connectivity index (χ2v) is 10.1. The number of nitrogens with two attached hydrogens (primary N) is 1. The summed E-state index contributed by atoms with van der Waals surface area (Å²) in [6, 6.07) is 12.0. The zero-order valence-corrected chi connectivity index (χ0v) is 19.7. The quantitative estimate of drug-likeness (QED) is 0.266. The molecular formula is C25H22ClFN4O2S. The highest BCUT2D eigenvalue weighted by molar-refractivity contribution is 7.91. The number of hydrogen-bond donors (Lipinski definition) is 2. The Bertz CT molecular complexity index is 1420. The fourth-order valence-electron chi connectivity index (χ4n) is 3.91. The van der Waals surface area contributed by atoms with Crippen LogP contribution in [0.2, 0.25) is 5.02 Å². The molecule has 0 saturated carbocycles. The monoisotopic (exact) mass is 496 g/mol. The number of aromatic nitrogens is 2. The Hall–Kier alpha value is -3.49. The Morgan fingerprint density at radius 3 is 2.41 bits per heavy atom. The number of nitrogen functional groups attached to an aromatic ring is 1. The summed E-state index contributed by atoms with van der Waals surface area (Å²) >= 11 is 6.05. The molecule has 1 aliphatic carbocycles. The lowest BCUT2D eigenvalue weighted by molar-refractivity contribution is 0.581. The molecule has 1 atom stereocenters. The molecule has 1 aromatic heterocycles. The summed E-state index contributed by atoms with van der Waals surface area (Å²) in [6.07, 6.45) is 8.54. The predicted octanol–water partition coefficient (Wildman–Crippen LogP) is 5.52. The molecule has 0 fully saturated rings. The van der Waals surface area contributed by atoms with Crippen LogP contribution in [0, 0.1) is 11.2 Å². The van der Waals surface area contributed by atoms with E-state index in [4.69, 9.17) is 22.7 Å². The molecule has 3 N–H and O–H groups in total. The molecule has 0 aliphatic heterocycles. The van der Waals surface area contributed by atoms with Gasteiger partial charge in [-0.05, 0) is 48.2 Å². The third-order valence-corrected chi connectivity index (χ3v) is 7.79. The second kappa shape index (κ2) is 9.40. The summed E-state index contributed by atoms with van der Waals surface area (Å²) in [6.45, 7) is 3.71. The molecule has 1 unspecified atom stereocenters. The zero-order valence-electron chi connectivity index (χ0n) is 18.1. The van der Waals surface area contributed by atoms with E-state index in [0.29, 0.717) is 33.0 Å². The van der Waals surface area contributed by atoms with Crippen molar-refractivity contribution < 1.29 is 12.8 Å². The van der Waals surface area contributed by atoms with Crippen LogP contribution in [-0.2, 0) is 9.84 Å². The van der Waals surface area contributed by atoms with Crippen LogP contribution in [-0.4, -0.2) is 24.2 Å². The van der Waals surface area contributed by atoms with Crippen molar-refractivity contribution in [2.75, 3.05) is 0 Å². The van der Waals surface area contributed by atoms with E-state index < -0.39 is 26.9 Å². The van der Waals surface area contributed by atoms with Gasteiger partial charge in [0, 0.05) is 16.1 Å². The lowest BCUT2D eigenvalue weighted by Gasteiger charge is -2.18. The molecule has 0 radical (unpaired) electrons. The molecule has 1 aliphatic rings. The molecule has 0 amide bonds. The Morgan fingerprint density at radius 1 is 1.18 bits per heavy atom. The standard InChI is InChI=1S/C25H22ClFN4O2S/c1-2-21(16-10-14-20(27)15-11-16)34(32,33)24-22(17-6-4-3-5-7-17)23(30-31(24)25(28)29)18-8-12-19(26)13-9-18/h2,4,6-15,21H,1,3,5H2,(H3,28,29). The van der Waals surface area contributed by atoms with Crippen LogP contribution < -0.4 is 5.73 Å². The molecule has 0 saturated heterocycles. The zero-order chi connectivity index (χ0) is 24.5. The Kier molecular flexibility index (Phi) is 6.54. The van der Waals surface area contributed by atoms with Crippen molar-refractivity contribution in [3.8, 4) is 11.3 Å². The topological polar surface area (TPSA) is 102 Å². The number of halogens is 2. The van der Waals surface area contributed by atoms with Crippen molar-refractivity contribution in [3.05, 3.63) is 101 Å². The summed E-state index contributed by atoms with van der Waals surface area (Å²) in [4.78, 5) is 0. The Morgan fingerprint density at radius 2 is 1.85 bits per heavy atom. The van der Waals surface area contributed by atoms with Crippen LogP contribution in [0.1, 0.15) is 29.2 Å². The number of allylic oxidation sites excluding steroid dienone is 4. The second-order valence-electron chi connectivity index (χ2n) is 7.72. The average molecular weight is 497 g/mol. The van der Waals surface area contributed by atoms with Crippen LogP contribution in [0.3, 0.4) is 0 Å². The first-order valence-corrected chi connectivity index (χ1v) is 12.4. The van der Waals surface area contributed by atoms with Crippen molar-refractivity contribution >= 4 is 33.0 Å². The molecule has 1 heterocycles. The van der Waals surface area contributed by atoms with Crippen LogP contribution in [0.5, 0.6) is 0 Å². The van der Waals surface area contributed by atoms with E-state index in [0.717, 1.165) is 17.5 Å². The van der Waals surface area contributed by atoms with E-state index in [1.54, 1.807) is 24.3 Å². The molecule has 9 heteroatoms. The van der Waals surface area contributed by atoms with Gasteiger partial charge >= 0.3 is 0 Å². The van der Waals surface area contributed by atoms with Gasteiger partial charge in [-0.25, -0.2) is 12.8 Å². The minimum atomic E-state index is -4.23. The third-order valence-electron chi connectivity index (χ3n) is 5.49. The molecule has 174 valence electrons. The number of hydrogen-bond acceptors (Lipinski definition) is 4. The molecular weight excluding hydrogens is 475 g/mol. The molecule has 4 rings (SSSR count). The maximum atomic E-state index is 14.1. The highest BCUT2D eigenvalue weighted by Crippen LogP contribution is 2.40. The minimum Gasteiger partial charge on any atom is -0.368 e. The van der Waals surface area contributed by atoms with Crippen molar-refractivity contribution in [1.29, 1.82) is 5.41 Å². The van der Waals surface area contributed by atoms with E-state index in [1.165, 1.54) is 30.3 Å². The SMILES string of the molecule is C=CC(c1ccc(F)cc1)S(=O)(=O)c1c(C2=CCCC=C2)c(-c2ccc(Cl)cc2)nn1C(=N)N. The van der Waals surface area contributed by atoms with Gasteiger partial charge in [0.15, 0.2) is 5.03 Å². The van der Waals surface area contributed by atoms with E-state index in [-0.39, 0.29) is 5.03 Å². The highest BCUT2D eigenvalue weighted by Gasteiger charge is 2.37. The van der Waals surface area contributed by atoms with Gasteiger partial charge in [-0.3, -0.25) is 5.41 Å². The van der Waals surface area contributed by atoms with Gasteiger partial charge in [-0.1, -0.05) is 60.2 Å². The number of rotatable bonds is 6. The maximum absolute atomic E-state index is 14.1. The normalized spacial score (nSPS) is 14.5. The van der Waals surface area contributed by atoms with E-state index in [9.17, 15) is 12.8 Å². The lowest BCUT2D eigenvalue weighted by atomic mass is 9.97. The van der Waals surface area contributed by atoms with Crippen LogP contribution >= 0.6 is 11.6 Å². The first-order valence-electron chi connectivity index (χ1n) is 10.5. The van der Waals surface area contributed by atoms with E-state index in [1.807, 2.05) is 18.2 Å². The lowest BCUT2D eigenvalue weighted by Crippen LogP contribution is -2.27. The van der Waals surface area contributed by atoms with Gasteiger partial charge in [-0.15, -0.1) is 6.58 Å². The molecule has 3 aromatic rings. The van der Waals surface area contributed by atoms with Crippen molar-refractivity contribution in [2.45, 2.75) is 23.1 Å². The van der Waals surface area contributed by atoms with E-state index in [2.05, 4.69) is 11.7 Å². The largest absolute Gasteiger partial charge is 0.368 e. The summed E-state index contributed by atoms with van der Waals surface area (Å²) in [5.74, 6) is -1.04. The first kappa shape index (κ1) is 23.7. The fraction of sp³-hybridized carbons (Fsp3) is 0.120. The van der Waals surface area contributed by atoms with Crippen LogP contribution in [0.25, 0.3) is 16.8 Å². The summed E-state index contributed by atoms with van der Waals surface area (Å²) in [7, 11) is -4.23. The molecule has 2 aromatic carbocycles. The molecule has 0 bridgehead atoms. The minimum absolute atomic E-state index is 0.225. The van der Waals surface area contributed by atoms with Crippen molar-refractivity contribution in [2.24, 2.45) is 5.73 Å². The summed E-state index contributed by atoms with van der Waals surface area (Å²) in [5.41, 5.74) is 8.11. The van der Waals surface area contributed by atoms with Gasteiger partial charge in [0.05, 0.1) is 0 Å². The fourth-order valence-corrected chi connectivity index (χ4v) is 5.93. The summed E-state index contributed by atoms with van der Waals surface area (Å²) in [5, 5.41) is 11.6. The first-order chi connectivity index (χ1) is 16.2. The van der Waals surface area contributed by atoms with Gasteiger partial charge < -0.3 is 5.73 Å². The molecule has 34 heavy (non-hydrogen) atoms. The van der Waals surface area contributed by atoms with Crippen molar-refractivity contribution in [1.82, 2.24) is 9.78 Å². The van der Waals surface area contributed by atoms with Crippen molar-refractivity contribution in [3.63, 3.8) is 0 Å². The van der Waals surface area contributed by atoms with Gasteiger partial charge in [0.25, 0.3) is 0 Å². The highest BCUT2D eigenvalue weighted by atomic mass is 35.5. The van der Waals surface area contributed by atoms with Gasteiger partial charge in [-0.2, -0.15) is 9.78 Å². The van der Waals surface area contributed by atoms with E-state index >= 15 is 0 Å². The molecule has 0 spiro atoms. The Balaban J connectivity index is 2.04. The number of nitrogens with one attached hydrogen (secondary N) is 1. The Labute approximate surface area is 202 Å². The number of nitrogens with zero attached hydrogens (tertiary/aromatic N) is 2. The summed E-state index contributed by atoms with van der Waals surface area (Å²) < 4.78 is 42.6. The third kappa shape index (κ3) is 4.34. The maximum Gasteiger partial charge on any atom is 0.214 e. The predicted molar refractivity (Wildman–Crippen MR) is 133 cm³/mol. The molecule has 6 nitrogen and oxygen atoms in total. The smallest absolute Gasteiger partial charge is 0.214 e. The van der Waals surface area contributed by atoms with Crippen LogP contribution in [0.4, 0.5) is 4.39 Å². The van der Waals surface area contributed by atoms with Gasteiger partial charge in [0.1, 0.15) is 16.8 Å². The van der Waals surface area contributed by atoms with Gasteiger partial charge in [0.2, 0.25) is 15.8 Å². The number of sulfone groups is 1. The number of benzene rings is 2.